The average Bonchev–Trinajstić information content (AvgIpc) is 2.86. The summed E-state index contributed by atoms with van der Waals surface area (Å²) < 4.78 is 42.1. The van der Waals surface area contributed by atoms with E-state index in [0.29, 0.717) is 18.7 Å². The van der Waals surface area contributed by atoms with Gasteiger partial charge in [0.25, 0.3) is 5.91 Å². The van der Waals surface area contributed by atoms with Crippen molar-refractivity contribution in [1.29, 1.82) is 0 Å². The molecule has 2 amide bonds. The van der Waals surface area contributed by atoms with E-state index in [1.54, 1.807) is 18.2 Å². The molecule has 0 bridgehead atoms. The molecule has 7 nitrogen and oxygen atoms in total. The van der Waals surface area contributed by atoms with Crippen LogP contribution < -0.4 is 11.1 Å². The normalized spacial score (nSPS) is 19.4. The van der Waals surface area contributed by atoms with E-state index in [1.807, 2.05) is 11.0 Å². The summed E-state index contributed by atoms with van der Waals surface area (Å²) >= 11 is 0. The molecule has 0 unspecified atom stereocenters. The Bertz CT molecular complexity index is 1210. The van der Waals surface area contributed by atoms with Crippen LogP contribution in [0, 0.1) is 5.92 Å². The molecule has 0 aromatic heterocycles. The van der Waals surface area contributed by atoms with Crippen molar-refractivity contribution < 1.29 is 22.8 Å². The van der Waals surface area contributed by atoms with Crippen molar-refractivity contribution in [2.24, 2.45) is 11.7 Å². The molecule has 2 fully saturated rings. The molecule has 5 rings (SSSR count). The summed E-state index contributed by atoms with van der Waals surface area (Å²) in [4.78, 5) is 30.7. The average molecular weight is 544 g/mol. The van der Waals surface area contributed by atoms with E-state index >= 15 is 0 Å². The first-order chi connectivity index (χ1) is 18.6. The molecule has 0 atom stereocenters. The lowest BCUT2D eigenvalue weighted by molar-refractivity contribution is -0.138. The van der Waals surface area contributed by atoms with E-state index < -0.39 is 23.6 Å². The highest BCUT2D eigenvalue weighted by atomic mass is 19.4. The number of rotatable bonds is 8. The first kappa shape index (κ1) is 27.6. The first-order valence-corrected chi connectivity index (χ1v) is 13.7. The lowest BCUT2D eigenvalue weighted by atomic mass is 9.85. The second-order valence-corrected chi connectivity index (χ2v) is 11.1. The van der Waals surface area contributed by atoms with Crippen LogP contribution in [0.1, 0.15) is 51.9 Å². The molecule has 0 spiro atoms. The second-order valence-electron chi connectivity index (χ2n) is 11.1. The maximum absolute atomic E-state index is 14.0. The van der Waals surface area contributed by atoms with Gasteiger partial charge in [0.1, 0.15) is 0 Å². The third-order valence-corrected chi connectivity index (χ3v) is 8.21. The Hall–Kier alpha value is -2.95. The standard InChI is InChI=1S/C29H36F3N5O2/c30-29(31,32)26-15-25(7-6-23(26)17-36-12-10-35(11-13-36)16-20-2-1-3-20)34-28(39)22-5-4-21-8-9-37(19-27(33)38)18-24(21)14-22/h4-7,14-15,20H,1-3,8-13,16-19H2,(H2,33,38)(H,34,39). The lowest BCUT2D eigenvalue weighted by Gasteiger charge is -2.38. The van der Waals surface area contributed by atoms with Crippen LogP contribution in [-0.4, -0.2) is 72.3 Å². The van der Waals surface area contributed by atoms with Gasteiger partial charge in [0.15, 0.2) is 0 Å². The number of carbonyl (C=O) groups is 2. The predicted octanol–water partition coefficient (Wildman–Crippen LogP) is 3.72. The molecule has 2 aromatic rings. The third kappa shape index (κ3) is 6.98. The number of anilines is 1. The van der Waals surface area contributed by atoms with Crippen molar-refractivity contribution in [3.8, 4) is 0 Å². The van der Waals surface area contributed by atoms with Crippen molar-refractivity contribution in [3.05, 3.63) is 64.2 Å². The maximum Gasteiger partial charge on any atom is 0.416 e. The first-order valence-electron chi connectivity index (χ1n) is 13.7. The van der Waals surface area contributed by atoms with Crippen LogP contribution in [0.15, 0.2) is 36.4 Å². The van der Waals surface area contributed by atoms with Crippen LogP contribution in [0.5, 0.6) is 0 Å². The van der Waals surface area contributed by atoms with Gasteiger partial charge in [0.2, 0.25) is 5.91 Å². The van der Waals surface area contributed by atoms with Gasteiger partial charge in [-0.15, -0.1) is 0 Å². The number of primary amides is 1. The molecule has 2 aromatic carbocycles. The van der Waals surface area contributed by atoms with Crippen LogP contribution in [0.4, 0.5) is 18.9 Å². The molecule has 2 heterocycles. The van der Waals surface area contributed by atoms with E-state index in [0.717, 1.165) is 62.3 Å². The topological polar surface area (TPSA) is 81.9 Å². The summed E-state index contributed by atoms with van der Waals surface area (Å²) in [6.45, 7) is 5.91. The van der Waals surface area contributed by atoms with Gasteiger partial charge >= 0.3 is 6.18 Å². The summed E-state index contributed by atoms with van der Waals surface area (Å²) in [7, 11) is 0. The van der Waals surface area contributed by atoms with E-state index in [2.05, 4.69) is 15.1 Å². The molecule has 0 radical (unpaired) electrons. The Labute approximate surface area is 227 Å². The molecule has 1 aliphatic carbocycles. The quantitative estimate of drug-likeness (QED) is 0.531. The molecular weight excluding hydrogens is 507 g/mol. The number of benzene rings is 2. The van der Waals surface area contributed by atoms with Gasteiger partial charge in [0.05, 0.1) is 12.1 Å². The number of nitrogens with two attached hydrogens (primary N) is 1. The Morgan fingerprint density at radius 3 is 2.33 bits per heavy atom. The summed E-state index contributed by atoms with van der Waals surface area (Å²) in [6, 6.07) is 9.34. The highest BCUT2D eigenvalue weighted by Crippen LogP contribution is 2.35. The fraction of sp³-hybridized carbons (Fsp3) is 0.517. The van der Waals surface area contributed by atoms with Gasteiger partial charge in [0, 0.05) is 63.6 Å². The monoisotopic (exact) mass is 543 g/mol. The van der Waals surface area contributed by atoms with E-state index in [9.17, 15) is 22.8 Å². The largest absolute Gasteiger partial charge is 0.416 e. The van der Waals surface area contributed by atoms with Crippen molar-refractivity contribution in [2.45, 2.75) is 44.9 Å². The molecule has 39 heavy (non-hydrogen) atoms. The van der Waals surface area contributed by atoms with Crippen molar-refractivity contribution in [3.63, 3.8) is 0 Å². The smallest absolute Gasteiger partial charge is 0.369 e. The number of alkyl halides is 3. The van der Waals surface area contributed by atoms with Crippen LogP contribution in [-0.2, 0) is 30.5 Å². The summed E-state index contributed by atoms with van der Waals surface area (Å²) in [5.74, 6) is -0.107. The third-order valence-electron chi connectivity index (χ3n) is 8.21. The predicted molar refractivity (Wildman–Crippen MR) is 143 cm³/mol. The molecule has 3 aliphatic rings. The number of hydrogen-bond acceptors (Lipinski definition) is 5. The molecule has 3 N–H and O–H groups in total. The fourth-order valence-corrected chi connectivity index (χ4v) is 5.78. The van der Waals surface area contributed by atoms with Crippen molar-refractivity contribution >= 4 is 17.5 Å². The second kappa shape index (κ2) is 11.7. The van der Waals surface area contributed by atoms with E-state index in [4.69, 9.17) is 5.73 Å². The number of hydrogen-bond donors (Lipinski definition) is 2. The van der Waals surface area contributed by atoms with Gasteiger partial charge in [-0.1, -0.05) is 18.6 Å². The number of nitrogens with one attached hydrogen (secondary N) is 1. The van der Waals surface area contributed by atoms with Gasteiger partial charge in [-0.2, -0.15) is 13.2 Å². The molecule has 210 valence electrons. The SMILES string of the molecule is NC(=O)CN1CCc2ccc(C(=O)Nc3ccc(CN4CCN(CC5CCC5)CC4)c(C(F)(F)F)c3)cc2C1. The van der Waals surface area contributed by atoms with Crippen LogP contribution in [0.3, 0.4) is 0 Å². The maximum atomic E-state index is 14.0. The minimum absolute atomic E-state index is 0.106. The number of nitrogens with zero attached hydrogens (tertiary/aromatic N) is 3. The minimum atomic E-state index is -4.53. The Balaban J connectivity index is 1.23. The minimum Gasteiger partial charge on any atom is -0.369 e. The summed E-state index contributed by atoms with van der Waals surface area (Å²) in [6.07, 6.45) is 0.0974. The van der Waals surface area contributed by atoms with Gasteiger partial charge in [-0.05, 0) is 66.1 Å². The molecule has 2 aliphatic heterocycles. The van der Waals surface area contributed by atoms with Gasteiger partial charge in [-0.3, -0.25) is 19.4 Å². The summed E-state index contributed by atoms with van der Waals surface area (Å²) in [5.41, 5.74) is 7.27. The number of halogens is 3. The number of piperazine rings is 1. The summed E-state index contributed by atoms with van der Waals surface area (Å²) in [5, 5.41) is 2.64. The lowest BCUT2D eigenvalue weighted by Crippen LogP contribution is -2.48. The molecular formula is C29H36F3N5O2. The highest BCUT2D eigenvalue weighted by Gasteiger charge is 2.34. The van der Waals surface area contributed by atoms with E-state index in [-0.39, 0.29) is 24.3 Å². The van der Waals surface area contributed by atoms with Crippen LogP contribution in [0.2, 0.25) is 0 Å². The highest BCUT2D eigenvalue weighted by molar-refractivity contribution is 6.04. The van der Waals surface area contributed by atoms with Crippen LogP contribution in [0.25, 0.3) is 0 Å². The fourth-order valence-electron chi connectivity index (χ4n) is 5.78. The van der Waals surface area contributed by atoms with Gasteiger partial charge in [-0.25, -0.2) is 0 Å². The van der Waals surface area contributed by atoms with Gasteiger partial charge < -0.3 is 16.0 Å². The Morgan fingerprint density at radius 1 is 0.923 bits per heavy atom. The zero-order chi connectivity index (χ0) is 27.6. The zero-order valence-electron chi connectivity index (χ0n) is 22.1. The van der Waals surface area contributed by atoms with Crippen LogP contribution >= 0.6 is 0 Å². The number of amides is 2. The molecule has 10 heteroatoms. The number of carbonyl (C=O) groups excluding carboxylic acids is 2. The van der Waals surface area contributed by atoms with Crippen molar-refractivity contribution in [2.75, 3.05) is 51.1 Å². The molecule has 1 saturated heterocycles. The molecule has 1 saturated carbocycles. The van der Waals surface area contributed by atoms with Crippen molar-refractivity contribution in [1.82, 2.24) is 14.7 Å². The Morgan fingerprint density at radius 2 is 1.67 bits per heavy atom. The number of fused-ring (bicyclic) bond motifs is 1. The zero-order valence-corrected chi connectivity index (χ0v) is 22.1. The Kier molecular flexibility index (Phi) is 8.25. The van der Waals surface area contributed by atoms with E-state index in [1.165, 1.54) is 25.3 Å².